The van der Waals surface area contributed by atoms with E-state index in [1.165, 1.54) is 12.1 Å². The second-order valence-electron chi connectivity index (χ2n) is 6.22. The molecule has 7 heteroatoms. The van der Waals surface area contributed by atoms with Crippen LogP contribution in [0.1, 0.15) is 29.8 Å². The predicted octanol–water partition coefficient (Wildman–Crippen LogP) is 2.52. The summed E-state index contributed by atoms with van der Waals surface area (Å²) in [6.07, 6.45) is 1.69. The molecule has 128 valence electrons. The van der Waals surface area contributed by atoms with Gasteiger partial charge in [0, 0.05) is 31.5 Å². The number of nitrogens with zero attached hydrogens (tertiary/aromatic N) is 5. The van der Waals surface area contributed by atoms with Crippen molar-refractivity contribution in [3.05, 3.63) is 59.1 Å². The second-order valence-corrected chi connectivity index (χ2v) is 6.22. The van der Waals surface area contributed by atoms with Gasteiger partial charge in [0.05, 0.1) is 17.9 Å². The molecule has 0 radical (unpaired) electrons. The molecule has 25 heavy (non-hydrogen) atoms. The van der Waals surface area contributed by atoms with Gasteiger partial charge in [-0.1, -0.05) is 6.92 Å². The minimum absolute atomic E-state index is 0.251. The normalized spacial score (nSPS) is 14.5. The maximum absolute atomic E-state index is 13.1. The standard InChI is InChI=1S/C18H19FN6/c1-2-17-20-18(24-23-17)11-25-8-7-15-13(10-25)9-16(22-21-15)12-3-5-14(19)6-4-12/h3-6,9H,2,7-8,10-11H2,1H3,(H,20,23,24). The van der Waals surface area contributed by atoms with E-state index in [-0.39, 0.29) is 5.82 Å². The maximum atomic E-state index is 13.1. The molecule has 0 amide bonds. The SMILES string of the molecule is CCc1n[nH]c(CN2CCc3nnc(-c4ccc(F)cc4)cc3C2)n1. The highest BCUT2D eigenvalue weighted by Gasteiger charge is 2.20. The number of hydrogen-bond donors (Lipinski definition) is 1. The van der Waals surface area contributed by atoms with Crippen LogP contribution in [0.5, 0.6) is 0 Å². The van der Waals surface area contributed by atoms with Gasteiger partial charge in [0.15, 0.2) is 0 Å². The Morgan fingerprint density at radius 2 is 2.04 bits per heavy atom. The highest BCUT2D eigenvalue weighted by atomic mass is 19.1. The van der Waals surface area contributed by atoms with Gasteiger partial charge in [-0.05, 0) is 35.9 Å². The van der Waals surface area contributed by atoms with Crippen LogP contribution >= 0.6 is 0 Å². The fraction of sp³-hybridized carbons (Fsp3) is 0.333. The zero-order valence-electron chi connectivity index (χ0n) is 14.0. The van der Waals surface area contributed by atoms with Crippen molar-refractivity contribution >= 4 is 0 Å². The molecular formula is C18H19FN6. The van der Waals surface area contributed by atoms with E-state index in [0.717, 1.165) is 66.6 Å². The summed E-state index contributed by atoms with van der Waals surface area (Å²) in [5.74, 6) is 1.48. The largest absolute Gasteiger partial charge is 0.291 e. The number of aryl methyl sites for hydroxylation is 1. The third-order valence-corrected chi connectivity index (χ3v) is 4.43. The molecule has 0 bridgehead atoms. The summed E-state index contributed by atoms with van der Waals surface area (Å²) >= 11 is 0. The van der Waals surface area contributed by atoms with E-state index in [9.17, 15) is 4.39 Å². The summed E-state index contributed by atoms with van der Waals surface area (Å²) in [7, 11) is 0. The van der Waals surface area contributed by atoms with Crippen LogP contribution in [-0.4, -0.2) is 36.8 Å². The zero-order valence-corrected chi connectivity index (χ0v) is 14.0. The van der Waals surface area contributed by atoms with Crippen LogP contribution in [-0.2, 0) is 25.9 Å². The summed E-state index contributed by atoms with van der Waals surface area (Å²) in [5.41, 5.74) is 3.84. The molecule has 2 aromatic heterocycles. The van der Waals surface area contributed by atoms with Crippen molar-refractivity contribution < 1.29 is 4.39 Å². The van der Waals surface area contributed by atoms with Crippen LogP contribution < -0.4 is 0 Å². The Bertz CT molecular complexity index is 874. The number of halogens is 1. The smallest absolute Gasteiger partial charge is 0.150 e. The molecule has 3 heterocycles. The van der Waals surface area contributed by atoms with E-state index in [4.69, 9.17) is 0 Å². The maximum Gasteiger partial charge on any atom is 0.150 e. The number of nitrogens with one attached hydrogen (secondary N) is 1. The first-order valence-corrected chi connectivity index (χ1v) is 8.45. The lowest BCUT2D eigenvalue weighted by atomic mass is 10.0. The topological polar surface area (TPSA) is 70.6 Å². The first-order valence-electron chi connectivity index (χ1n) is 8.45. The molecule has 1 N–H and O–H groups in total. The molecule has 0 unspecified atom stereocenters. The van der Waals surface area contributed by atoms with E-state index < -0.39 is 0 Å². The zero-order chi connectivity index (χ0) is 17.2. The van der Waals surface area contributed by atoms with Crippen LogP contribution in [0.25, 0.3) is 11.3 Å². The first kappa shape index (κ1) is 15.8. The van der Waals surface area contributed by atoms with Crippen molar-refractivity contribution in [1.82, 2.24) is 30.3 Å². The number of rotatable bonds is 4. The molecule has 0 saturated carbocycles. The van der Waals surface area contributed by atoms with Crippen molar-refractivity contribution in [3.63, 3.8) is 0 Å². The Balaban J connectivity index is 1.53. The van der Waals surface area contributed by atoms with Crippen molar-refractivity contribution in [3.8, 4) is 11.3 Å². The quantitative estimate of drug-likeness (QED) is 0.791. The molecule has 3 aromatic rings. The average Bonchev–Trinajstić information content (AvgIpc) is 3.09. The number of hydrogen-bond acceptors (Lipinski definition) is 5. The minimum Gasteiger partial charge on any atom is -0.291 e. The number of H-pyrrole nitrogens is 1. The van der Waals surface area contributed by atoms with Crippen LogP contribution in [0.2, 0.25) is 0 Å². The third kappa shape index (κ3) is 3.41. The van der Waals surface area contributed by atoms with Crippen molar-refractivity contribution in [2.24, 2.45) is 0 Å². The van der Waals surface area contributed by atoms with Crippen LogP contribution in [0.4, 0.5) is 4.39 Å². The Kier molecular flexibility index (Phi) is 4.23. The van der Waals surface area contributed by atoms with Crippen molar-refractivity contribution in [2.75, 3.05) is 6.54 Å². The van der Waals surface area contributed by atoms with E-state index in [1.54, 1.807) is 12.1 Å². The number of benzene rings is 1. The molecule has 0 fully saturated rings. The lowest BCUT2D eigenvalue weighted by Crippen LogP contribution is -2.31. The molecule has 0 aliphatic carbocycles. The average molecular weight is 338 g/mol. The molecule has 0 atom stereocenters. The molecule has 1 aliphatic heterocycles. The lowest BCUT2D eigenvalue weighted by molar-refractivity contribution is 0.237. The molecule has 6 nitrogen and oxygen atoms in total. The Hall–Kier alpha value is -2.67. The first-order chi connectivity index (χ1) is 12.2. The van der Waals surface area contributed by atoms with Crippen molar-refractivity contribution in [2.45, 2.75) is 32.9 Å². The second kappa shape index (κ2) is 6.68. The van der Waals surface area contributed by atoms with Gasteiger partial charge >= 0.3 is 0 Å². The fourth-order valence-electron chi connectivity index (χ4n) is 3.06. The van der Waals surface area contributed by atoms with Crippen LogP contribution in [0.3, 0.4) is 0 Å². The van der Waals surface area contributed by atoms with Gasteiger partial charge < -0.3 is 0 Å². The fourth-order valence-corrected chi connectivity index (χ4v) is 3.06. The van der Waals surface area contributed by atoms with Crippen LogP contribution in [0, 0.1) is 5.82 Å². The molecule has 0 saturated heterocycles. The predicted molar refractivity (Wildman–Crippen MR) is 91.0 cm³/mol. The van der Waals surface area contributed by atoms with Gasteiger partial charge in [-0.3, -0.25) is 10.00 Å². The van der Waals surface area contributed by atoms with E-state index >= 15 is 0 Å². The molecule has 0 spiro atoms. The third-order valence-electron chi connectivity index (χ3n) is 4.43. The summed E-state index contributed by atoms with van der Waals surface area (Å²) in [6.45, 7) is 4.49. The monoisotopic (exact) mass is 338 g/mol. The Labute approximate surface area is 145 Å². The number of fused-ring (bicyclic) bond motifs is 1. The van der Waals surface area contributed by atoms with E-state index in [0.29, 0.717) is 0 Å². The summed E-state index contributed by atoms with van der Waals surface area (Å²) < 4.78 is 13.1. The number of aromatic nitrogens is 5. The van der Waals surface area contributed by atoms with Gasteiger partial charge in [0.25, 0.3) is 0 Å². The number of aromatic amines is 1. The van der Waals surface area contributed by atoms with E-state index in [2.05, 4.69) is 36.3 Å². The highest BCUT2D eigenvalue weighted by Crippen LogP contribution is 2.23. The molecular weight excluding hydrogens is 319 g/mol. The molecule has 1 aromatic carbocycles. The summed E-state index contributed by atoms with van der Waals surface area (Å²) in [5, 5.41) is 15.9. The summed E-state index contributed by atoms with van der Waals surface area (Å²) in [6, 6.07) is 8.40. The lowest BCUT2D eigenvalue weighted by Gasteiger charge is -2.27. The Morgan fingerprint density at radius 3 is 2.80 bits per heavy atom. The van der Waals surface area contributed by atoms with Crippen LogP contribution in [0.15, 0.2) is 30.3 Å². The minimum atomic E-state index is -0.251. The van der Waals surface area contributed by atoms with Gasteiger partial charge in [-0.2, -0.15) is 15.3 Å². The highest BCUT2D eigenvalue weighted by molar-refractivity contribution is 5.59. The Morgan fingerprint density at radius 1 is 1.20 bits per heavy atom. The van der Waals surface area contributed by atoms with Gasteiger partial charge in [0.2, 0.25) is 0 Å². The molecule has 1 aliphatic rings. The molecule has 4 rings (SSSR count). The van der Waals surface area contributed by atoms with Gasteiger partial charge in [-0.25, -0.2) is 9.37 Å². The van der Waals surface area contributed by atoms with Gasteiger partial charge in [-0.15, -0.1) is 0 Å². The summed E-state index contributed by atoms with van der Waals surface area (Å²) in [4.78, 5) is 6.80. The van der Waals surface area contributed by atoms with E-state index in [1.807, 2.05) is 6.92 Å². The van der Waals surface area contributed by atoms with Gasteiger partial charge in [0.1, 0.15) is 17.5 Å². The van der Waals surface area contributed by atoms with Crippen molar-refractivity contribution in [1.29, 1.82) is 0 Å².